The van der Waals surface area contributed by atoms with Crippen molar-refractivity contribution in [2.45, 2.75) is 32.3 Å². The van der Waals surface area contributed by atoms with Gasteiger partial charge < -0.3 is 5.11 Å². The van der Waals surface area contributed by atoms with Crippen molar-refractivity contribution in [3.63, 3.8) is 0 Å². The Kier molecular flexibility index (Phi) is 1.92. The number of aliphatic hydroxyl groups is 1. The molecule has 0 spiro atoms. The minimum atomic E-state index is -0.522. The van der Waals surface area contributed by atoms with Gasteiger partial charge in [-0.2, -0.15) is 0 Å². The number of hydrogen-bond donors (Lipinski definition) is 1. The van der Waals surface area contributed by atoms with E-state index in [0.29, 0.717) is 5.92 Å². The van der Waals surface area contributed by atoms with E-state index in [1.807, 2.05) is 12.1 Å². The highest BCUT2D eigenvalue weighted by Gasteiger charge is 2.41. The molecule has 0 amide bonds. The summed E-state index contributed by atoms with van der Waals surface area (Å²) in [6.07, 6.45) is 1.83. The van der Waals surface area contributed by atoms with E-state index in [0.717, 1.165) is 18.4 Å². The molecule has 2 rings (SSSR count). The Bertz CT molecular complexity index is 311. The third-order valence-corrected chi connectivity index (χ3v) is 2.93. The lowest BCUT2D eigenvalue weighted by molar-refractivity contribution is -0.0738. The molecule has 1 aliphatic carbocycles. The van der Waals surface area contributed by atoms with Crippen molar-refractivity contribution in [3.8, 4) is 0 Å². The van der Waals surface area contributed by atoms with Crippen LogP contribution in [-0.2, 0) is 5.60 Å². The molecule has 0 aromatic heterocycles. The number of aryl methyl sites for hydroxylation is 1. The lowest BCUT2D eigenvalue weighted by Gasteiger charge is -2.42. The molecule has 1 aromatic rings. The standard InChI is InChI=1S/C12H16O/c1-9-4-3-5-11(6-9)12(13)7-10(2)8-12/h3-6,10,13H,7-8H2,1-2H3. The van der Waals surface area contributed by atoms with Gasteiger partial charge in [-0.25, -0.2) is 0 Å². The minimum Gasteiger partial charge on any atom is -0.385 e. The second-order valence-electron chi connectivity index (χ2n) is 4.41. The van der Waals surface area contributed by atoms with E-state index in [9.17, 15) is 5.11 Å². The van der Waals surface area contributed by atoms with Crippen LogP contribution in [0.4, 0.5) is 0 Å². The van der Waals surface area contributed by atoms with Gasteiger partial charge in [0.25, 0.3) is 0 Å². The Labute approximate surface area is 79.4 Å². The van der Waals surface area contributed by atoms with E-state index < -0.39 is 5.60 Å². The van der Waals surface area contributed by atoms with E-state index in [1.54, 1.807) is 0 Å². The van der Waals surface area contributed by atoms with E-state index in [2.05, 4.69) is 26.0 Å². The summed E-state index contributed by atoms with van der Waals surface area (Å²) in [5.41, 5.74) is 1.79. The second kappa shape index (κ2) is 2.85. The zero-order chi connectivity index (χ0) is 9.47. The predicted octanol–water partition coefficient (Wildman–Crippen LogP) is 2.61. The maximum absolute atomic E-state index is 10.2. The van der Waals surface area contributed by atoms with Crippen LogP contribution < -0.4 is 0 Å². The molecular formula is C12H16O. The molecule has 13 heavy (non-hydrogen) atoms. The lowest BCUT2D eigenvalue weighted by Crippen LogP contribution is -2.39. The highest BCUT2D eigenvalue weighted by atomic mass is 16.3. The zero-order valence-electron chi connectivity index (χ0n) is 8.25. The van der Waals surface area contributed by atoms with Gasteiger partial charge in [0.2, 0.25) is 0 Å². The first-order chi connectivity index (χ1) is 6.10. The van der Waals surface area contributed by atoms with Gasteiger partial charge in [-0.15, -0.1) is 0 Å². The first-order valence-electron chi connectivity index (χ1n) is 4.90. The molecule has 1 N–H and O–H groups in total. The third-order valence-electron chi connectivity index (χ3n) is 2.93. The van der Waals surface area contributed by atoms with Gasteiger partial charge in [0, 0.05) is 0 Å². The first-order valence-corrected chi connectivity index (χ1v) is 4.90. The maximum atomic E-state index is 10.2. The van der Waals surface area contributed by atoms with E-state index in [-0.39, 0.29) is 0 Å². The Balaban J connectivity index is 2.26. The van der Waals surface area contributed by atoms with Crippen molar-refractivity contribution >= 4 is 0 Å². The summed E-state index contributed by atoms with van der Waals surface area (Å²) in [6.45, 7) is 4.25. The van der Waals surface area contributed by atoms with Crippen LogP contribution in [0.15, 0.2) is 24.3 Å². The largest absolute Gasteiger partial charge is 0.385 e. The number of hydrogen-bond acceptors (Lipinski definition) is 1. The van der Waals surface area contributed by atoms with Crippen molar-refractivity contribution in [2.24, 2.45) is 5.92 Å². The Morgan fingerprint density at radius 3 is 2.62 bits per heavy atom. The van der Waals surface area contributed by atoms with Crippen LogP contribution in [0.2, 0.25) is 0 Å². The fraction of sp³-hybridized carbons (Fsp3) is 0.500. The zero-order valence-corrected chi connectivity index (χ0v) is 8.25. The van der Waals surface area contributed by atoms with Crippen LogP contribution in [0.1, 0.15) is 30.9 Å². The molecule has 0 aliphatic heterocycles. The van der Waals surface area contributed by atoms with Crippen molar-refractivity contribution in [3.05, 3.63) is 35.4 Å². The Morgan fingerprint density at radius 2 is 2.08 bits per heavy atom. The molecule has 0 radical (unpaired) electrons. The van der Waals surface area contributed by atoms with Crippen LogP contribution in [0.5, 0.6) is 0 Å². The maximum Gasteiger partial charge on any atom is 0.0901 e. The lowest BCUT2D eigenvalue weighted by atomic mass is 9.68. The van der Waals surface area contributed by atoms with Crippen molar-refractivity contribution in [2.75, 3.05) is 0 Å². The summed E-state index contributed by atoms with van der Waals surface area (Å²) < 4.78 is 0. The Hall–Kier alpha value is -0.820. The molecule has 0 bridgehead atoms. The van der Waals surface area contributed by atoms with E-state index >= 15 is 0 Å². The molecular weight excluding hydrogens is 160 g/mol. The predicted molar refractivity (Wildman–Crippen MR) is 53.5 cm³/mol. The van der Waals surface area contributed by atoms with E-state index in [4.69, 9.17) is 0 Å². The molecule has 1 nitrogen and oxygen atoms in total. The van der Waals surface area contributed by atoms with Crippen molar-refractivity contribution < 1.29 is 5.11 Å². The van der Waals surface area contributed by atoms with E-state index in [1.165, 1.54) is 5.56 Å². The molecule has 70 valence electrons. The Morgan fingerprint density at radius 1 is 1.38 bits per heavy atom. The summed E-state index contributed by atoms with van der Waals surface area (Å²) in [6, 6.07) is 8.20. The minimum absolute atomic E-state index is 0.522. The molecule has 1 aromatic carbocycles. The molecule has 1 aliphatic rings. The summed E-state index contributed by atoms with van der Waals surface area (Å²) >= 11 is 0. The molecule has 1 heteroatoms. The molecule has 0 atom stereocenters. The summed E-state index contributed by atoms with van der Waals surface area (Å²) in [5, 5.41) is 10.2. The average molecular weight is 176 g/mol. The first kappa shape index (κ1) is 8.76. The molecule has 1 fully saturated rings. The van der Waals surface area contributed by atoms with Gasteiger partial charge in [0.1, 0.15) is 0 Å². The normalized spacial score (nSPS) is 32.7. The van der Waals surface area contributed by atoms with Crippen LogP contribution in [0, 0.1) is 12.8 Å². The van der Waals surface area contributed by atoms with Gasteiger partial charge >= 0.3 is 0 Å². The van der Waals surface area contributed by atoms with Crippen molar-refractivity contribution in [1.82, 2.24) is 0 Å². The SMILES string of the molecule is Cc1cccc(C2(O)CC(C)C2)c1. The van der Waals surface area contributed by atoms with Crippen LogP contribution in [-0.4, -0.2) is 5.11 Å². The summed E-state index contributed by atoms with van der Waals surface area (Å²) in [5.74, 6) is 0.672. The fourth-order valence-corrected chi connectivity index (χ4v) is 2.26. The van der Waals surface area contributed by atoms with Gasteiger partial charge in [-0.3, -0.25) is 0 Å². The number of benzene rings is 1. The topological polar surface area (TPSA) is 20.2 Å². The quantitative estimate of drug-likeness (QED) is 0.697. The third kappa shape index (κ3) is 1.49. The van der Waals surface area contributed by atoms with Crippen LogP contribution in [0.3, 0.4) is 0 Å². The van der Waals surface area contributed by atoms with Crippen LogP contribution in [0.25, 0.3) is 0 Å². The van der Waals surface area contributed by atoms with Crippen molar-refractivity contribution in [1.29, 1.82) is 0 Å². The monoisotopic (exact) mass is 176 g/mol. The highest BCUT2D eigenvalue weighted by Crippen LogP contribution is 2.45. The highest BCUT2D eigenvalue weighted by molar-refractivity contribution is 5.29. The summed E-state index contributed by atoms with van der Waals surface area (Å²) in [7, 11) is 0. The average Bonchev–Trinajstić information content (AvgIpc) is 2.02. The van der Waals surface area contributed by atoms with Crippen LogP contribution >= 0.6 is 0 Å². The second-order valence-corrected chi connectivity index (χ2v) is 4.41. The molecule has 0 saturated heterocycles. The van der Waals surface area contributed by atoms with Gasteiger partial charge in [0.05, 0.1) is 5.60 Å². The fourth-order valence-electron chi connectivity index (χ4n) is 2.26. The number of rotatable bonds is 1. The van der Waals surface area contributed by atoms with Gasteiger partial charge in [-0.1, -0.05) is 36.8 Å². The summed E-state index contributed by atoms with van der Waals surface area (Å²) in [4.78, 5) is 0. The molecule has 1 saturated carbocycles. The van der Waals surface area contributed by atoms with Gasteiger partial charge in [0.15, 0.2) is 0 Å². The molecule has 0 heterocycles. The smallest absolute Gasteiger partial charge is 0.0901 e. The molecule has 0 unspecified atom stereocenters. The van der Waals surface area contributed by atoms with Gasteiger partial charge in [-0.05, 0) is 31.2 Å².